The largest absolute Gasteiger partial charge is 0.354 e. The number of carbonyl (C=O) groups excluding carboxylic acids is 1. The summed E-state index contributed by atoms with van der Waals surface area (Å²) in [6, 6.07) is 16.9. The molecule has 2 aromatic carbocycles. The molecule has 0 spiro atoms. The van der Waals surface area contributed by atoms with E-state index in [1.165, 1.54) is 12.1 Å². The Balaban J connectivity index is 1.67. The summed E-state index contributed by atoms with van der Waals surface area (Å²) in [5.41, 5.74) is 3.03. The molecule has 1 heterocycles. The quantitative estimate of drug-likeness (QED) is 0.742. The van der Waals surface area contributed by atoms with Crippen molar-refractivity contribution in [1.82, 2.24) is 4.98 Å². The molecule has 0 aliphatic heterocycles. The Morgan fingerprint density at radius 3 is 2.33 bits per heavy atom. The third-order valence-corrected chi connectivity index (χ3v) is 3.53. The number of nitrogens with one attached hydrogen (secondary N) is 2. The van der Waals surface area contributed by atoms with Crippen LogP contribution >= 0.6 is 0 Å². The SMILES string of the molecule is Cc1ccccc1C(=O)Nc1ccc(Nc2ccc(F)cc2)cn1. The van der Waals surface area contributed by atoms with Gasteiger partial charge in [-0.25, -0.2) is 9.37 Å². The van der Waals surface area contributed by atoms with Gasteiger partial charge >= 0.3 is 0 Å². The second-order valence-corrected chi connectivity index (χ2v) is 5.33. The standard InChI is InChI=1S/C19H16FN3O/c1-13-4-2-3-5-17(13)19(24)23-18-11-10-16(12-21-18)22-15-8-6-14(20)7-9-15/h2-12,22H,1H3,(H,21,23,24). The maximum Gasteiger partial charge on any atom is 0.257 e. The lowest BCUT2D eigenvalue weighted by atomic mass is 10.1. The zero-order valence-corrected chi connectivity index (χ0v) is 13.1. The van der Waals surface area contributed by atoms with Gasteiger partial charge in [0, 0.05) is 11.3 Å². The molecule has 3 rings (SSSR count). The fourth-order valence-electron chi connectivity index (χ4n) is 2.25. The lowest BCUT2D eigenvalue weighted by Gasteiger charge is -2.09. The molecule has 0 saturated carbocycles. The van der Waals surface area contributed by atoms with Crippen molar-refractivity contribution in [3.8, 4) is 0 Å². The Morgan fingerprint density at radius 2 is 1.67 bits per heavy atom. The van der Waals surface area contributed by atoms with E-state index in [0.29, 0.717) is 11.4 Å². The van der Waals surface area contributed by atoms with E-state index in [9.17, 15) is 9.18 Å². The van der Waals surface area contributed by atoms with Crippen LogP contribution in [0.5, 0.6) is 0 Å². The number of pyridine rings is 1. The van der Waals surface area contributed by atoms with Crippen LogP contribution in [0.2, 0.25) is 0 Å². The van der Waals surface area contributed by atoms with Crippen LogP contribution in [0, 0.1) is 12.7 Å². The Hall–Kier alpha value is -3.21. The average Bonchev–Trinajstić information content (AvgIpc) is 2.59. The minimum absolute atomic E-state index is 0.195. The molecule has 0 unspecified atom stereocenters. The van der Waals surface area contributed by atoms with E-state index in [1.807, 2.05) is 25.1 Å². The molecule has 0 aliphatic carbocycles. The average molecular weight is 321 g/mol. The summed E-state index contributed by atoms with van der Waals surface area (Å²) in [5, 5.41) is 5.88. The van der Waals surface area contributed by atoms with Crippen LogP contribution in [0.1, 0.15) is 15.9 Å². The van der Waals surface area contributed by atoms with Crippen molar-refractivity contribution >= 4 is 23.1 Å². The predicted molar refractivity (Wildman–Crippen MR) is 93.1 cm³/mol. The van der Waals surface area contributed by atoms with Crippen LogP contribution in [0.15, 0.2) is 66.9 Å². The molecule has 0 fully saturated rings. The maximum absolute atomic E-state index is 12.9. The topological polar surface area (TPSA) is 54.0 Å². The number of hydrogen-bond acceptors (Lipinski definition) is 3. The molecule has 0 bridgehead atoms. The fraction of sp³-hybridized carbons (Fsp3) is 0.0526. The minimum atomic E-state index is -0.284. The maximum atomic E-state index is 12.9. The van der Waals surface area contributed by atoms with Gasteiger partial charge < -0.3 is 10.6 Å². The third kappa shape index (κ3) is 3.76. The summed E-state index contributed by atoms with van der Waals surface area (Å²) in [6.45, 7) is 1.89. The monoisotopic (exact) mass is 321 g/mol. The second-order valence-electron chi connectivity index (χ2n) is 5.33. The van der Waals surface area contributed by atoms with Crippen LogP contribution in [0.4, 0.5) is 21.6 Å². The van der Waals surface area contributed by atoms with Crippen LogP contribution in [0.3, 0.4) is 0 Å². The van der Waals surface area contributed by atoms with E-state index in [2.05, 4.69) is 15.6 Å². The smallest absolute Gasteiger partial charge is 0.257 e. The van der Waals surface area contributed by atoms with Crippen molar-refractivity contribution in [3.05, 3.63) is 83.8 Å². The lowest BCUT2D eigenvalue weighted by molar-refractivity contribution is 0.102. The molecule has 0 radical (unpaired) electrons. The van der Waals surface area contributed by atoms with Crippen molar-refractivity contribution in [2.45, 2.75) is 6.92 Å². The minimum Gasteiger partial charge on any atom is -0.354 e. The van der Waals surface area contributed by atoms with E-state index in [0.717, 1.165) is 16.9 Å². The molecule has 0 aliphatic rings. The first-order valence-corrected chi connectivity index (χ1v) is 7.47. The van der Waals surface area contributed by atoms with Gasteiger partial charge in [-0.15, -0.1) is 0 Å². The zero-order chi connectivity index (χ0) is 16.9. The molecule has 1 amide bonds. The van der Waals surface area contributed by atoms with Crippen LogP contribution in [0.25, 0.3) is 0 Å². The van der Waals surface area contributed by atoms with E-state index in [1.54, 1.807) is 36.5 Å². The molecule has 0 atom stereocenters. The van der Waals surface area contributed by atoms with Crippen molar-refractivity contribution in [2.75, 3.05) is 10.6 Å². The lowest BCUT2D eigenvalue weighted by Crippen LogP contribution is -2.14. The molecule has 3 aromatic rings. The zero-order valence-electron chi connectivity index (χ0n) is 13.1. The normalized spacial score (nSPS) is 10.2. The van der Waals surface area contributed by atoms with Gasteiger partial charge in [0.2, 0.25) is 0 Å². The number of rotatable bonds is 4. The van der Waals surface area contributed by atoms with Gasteiger partial charge in [0.25, 0.3) is 5.91 Å². The second kappa shape index (κ2) is 6.91. The van der Waals surface area contributed by atoms with Gasteiger partial charge in [-0.2, -0.15) is 0 Å². The first-order chi connectivity index (χ1) is 11.6. The van der Waals surface area contributed by atoms with E-state index in [-0.39, 0.29) is 11.7 Å². The van der Waals surface area contributed by atoms with Gasteiger partial charge in [0.05, 0.1) is 11.9 Å². The number of benzene rings is 2. The first kappa shape index (κ1) is 15.7. The predicted octanol–water partition coefficient (Wildman–Crippen LogP) is 4.53. The van der Waals surface area contributed by atoms with Gasteiger partial charge in [0.1, 0.15) is 11.6 Å². The summed E-state index contributed by atoms with van der Waals surface area (Å²) < 4.78 is 12.9. The van der Waals surface area contributed by atoms with E-state index in [4.69, 9.17) is 0 Å². The molecular formula is C19H16FN3O. The van der Waals surface area contributed by atoms with Crippen LogP contribution < -0.4 is 10.6 Å². The molecule has 5 heteroatoms. The summed E-state index contributed by atoms with van der Waals surface area (Å²) in [6.07, 6.45) is 1.61. The number of carbonyl (C=O) groups is 1. The fourth-order valence-corrected chi connectivity index (χ4v) is 2.25. The molecule has 1 aromatic heterocycles. The summed E-state index contributed by atoms with van der Waals surface area (Å²) in [7, 11) is 0. The highest BCUT2D eigenvalue weighted by Crippen LogP contribution is 2.18. The summed E-state index contributed by atoms with van der Waals surface area (Å²) in [4.78, 5) is 16.5. The number of hydrogen-bond donors (Lipinski definition) is 2. The number of amides is 1. The van der Waals surface area contributed by atoms with Gasteiger partial charge in [-0.3, -0.25) is 4.79 Å². The molecular weight excluding hydrogens is 305 g/mol. The highest BCUT2D eigenvalue weighted by Gasteiger charge is 2.09. The highest BCUT2D eigenvalue weighted by molar-refractivity contribution is 6.04. The Labute approximate surface area is 139 Å². The van der Waals surface area contributed by atoms with Crippen molar-refractivity contribution in [3.63, 3.8) is 0 Å². The van der Waals surface area contributed by atoms with Gasteiger partial charge in [-0.05, 0) is 55.0 Å². The Bertz CT molecular complexity index is 845. The summed E-state index contributed by atoms with van der Waals surface area (Å²) >= 11 is 0. The number of anilines is 3. The van der Waals surface area contributed by atoms with Crippen molar-refractivity contribution in [1.29, 1.82) is 0 Å². The number of nitrogens with zero attached hydrogens (tertiary/aromatic N) is 1. The van der Waals surface area contributed by atoms with Gasteiger partial charge in [-0.1, -0.05) is 18.2 Å². The Morgan fingerprint density at radius 1 is 0.958 bits per heavy atom. The molecule has 24 heavy (non-hydrogen) atoms. The van der Waals surface area contributed by atoms with Crippen molar-refractivity contribution < 1.29 is 9.18 Å². The molecule has 0 saturated heterocycles. The highest BCUT2D eigenvalue weighted by atomic mass is 19.1. The molecule has 4 nitrogen and oxygen atoms in total. The molecule has 120 valence electrons. The van der Waals surface area contributed by atoms with Gasteiger partial charge in [0.15, 0.2) is 0 Å². The van der Waals surface area contributed by atoms with E-state index < -0.39 is 0 Å². The summed E-state index contributed by atoms with van der Waals surface area (Å²) in [5.74, 6) is -0.0132. The number of aromatic nitrogens is 1. The van der Waals surface area contributed by atoms with Crippen molar-refractivity contribution in [2.24, 2.45) is 0 Å². The van der Waals surface area contributed by atoms with Crippen LogP contribution in [-0.4, -0.2) is 10.9 Å². The first-order valence-electron chi connectivity index (χ1n) is 7.47. The number of halogens is 1. The number of aryl methyl sites for hydroxylation is 1. The van der Waals surface area contributed by atoms with Crippen LogP contribution in [-0.2, 0) is 0 Å². The molecule has 2 N–H and O–H groups in total. The Kier molecular flexibility index (Phi) is 4.52. The third-order valence-electron chi connectivity index (χ3n) is 3.53. The van der Waals surface area contributed by atoms with E-state index >= 15 is 0 Å².